The van der Waals surface area contributed by atoms with E-state index in [1.54, 1.807) is 0 Å². The van der Waals surface area contributed by atoms with Gasteiger partial charge in [0.15, 0.2) is 0 Å². The van der Waals surface area contributed by atoms with Crippen molar-refractivity contribution in [1.29, 1.82) is 0 Å². The Morgan fingerprint density at radius 2 is 1.89 bits per heavy atom. The van der Waals surface area contributed by atoms with Crippen molar-refractivity contribution in [1.82, 2.24) is 9.80 Å². The van der Waals surface area contributed by atoms with E-state index in [1.807, 2.05) is 0 Å². The van der Waals surface area contributed by atoms with E-state index in [2.05, 4.69) is 16.7 Å². The first kappa shape index (κ1) is 15.3. The average molecular weight is 267 g/mol. The van der Waals surface area contributed by atoms with Crippen molar-refractivity contribution in [3.05, 3.63) is 0 Å². The van der Waals surface area contributed by atoms with Gasteiger partial charge in [-0.15, -0.1) is 0 Å². The van der Waals surface area contributed by atoms with Gasteiger partial charge in [-0.2, -0.15) is 0 Å². The van der Waals surface area contributed by atoms with E-state index in [1.165, 1.54) is 77.7 Å². The molecule has 1 saturated carbocycles. The molecular weight excluding hydrogens is 234 g/mol. The lowest BCUT2D eigenvalue weighted by Gasteiger charge is -2.36. The second-order valence-corrected chi connectivity index (χ2v) is 6.65. The molecule has 0 bridgehead atoms. The van der Waals surface area contributed by atoms with Gasteiger partial charge >= 0.3 is 0 Å². The minimum atomic E-state index is 0.847. The van der Waals surface area contributed by atoms with Gasteiger partial charge in [-0.1, -0.05) is 19.8 Å². The third-order valence-corrected chi connectivity index (χ3v) is 4.98. The summed E-state index contributed by atoms with van der Waals surface area (Å²) in [6, 6.07) is 0.882. The molecule has 3 heteroatoms. The molecule has 2 aliphatic rings. The molecule has 2 unspecified atom stereocenters. The van der Waals surface area contributed by atoms with Gasteiger partial charge in [0, 0.05) is 19.1 Å². The van der Waals surface area contributed by atoms with Crippen LogP contribution < -0.4 is 5.73 Å². The van der Waals surface area contributed by atoms with Crippen molar-refractivity contribution in [3.8, 4) is 0 Å². The lowest BCUT2D eigenvalue weighted by Crippen LogP contribution is -2.41. The van der Waals surface area contributed by atoms with Gasteiger partial charge in [-0.25, -0.2) is 0 Å². The standard InChI is InChI=1S/C16H33N3/c1-15-6-4-7-16(14-15)19-11-5-10-18(12-13-19)9-3-2-8-17/h15-16H,2-14,17H2,1H3. The van der Waals surface area contributed by atoms with E-state index in [-0.39, 0.29) is 0 Å². The summed E-state index contributed by atoms with van der Waals surface area (Å²) >= 11 is 0. The van der Waals surface area contributed by atoms with Crippen molar-refractivity contribution in [2.75, 3.05) is 39.3 Å². The van der Waals surface area contributed by atoms with Gasteiger partial charge in [0.05, 0.1) is 0 Å². The summed E-state index contributed by atoms with van der Waals surface area (Å²) in [5.74, 6) is 0.947. The highest BCUT2D eigenvalue weighted by atomic mass is 15.2. The molecule has 2 atom stereocenters. The first-order valence-electron chi connectivity index (χ1n) is 8.46. The van der Waals surface area contributed by atoms with Crippen LogP contribution in [-0.2, 0) is 0 Å². The number of rotatable bonds is 5. The van der Waals surface area contributed by atoms with Crippen LogP contribution in [0.25, 0.3) is 0 Å². The number of unbranched alkanes of at least 4 members (excludes halogenated alkanes) is 1. The molecule has 0 amide bonds. The average Bonchev–Trinajstić information content (AvgIpc) is 2.65. The largest absolute Gasteiger partial charge is 0.330 e. The van der Waals surface area contributed by atoms with E-state index in [4.69, 9.17) is 5.73 Å². The number of hydrogen-bond donors (Lipinski definition) is 1. The van der Waals surface area contributed by atoms with Crippen LogP contribution in [0.1, 0.15) is 51.9 Å². The lowest BCUT2D eigenvalue weighted by molar-refractivity contribution is 0.137. The van der Waals surface area contributed by atoms with Crippen molar-refractivity contribution in [2.45, 2.75) is 57.9 Å². The van der Waals surface area contributed by atoms with Gasteiger partial charge < -0.3 is 10.6 Å². The Kier molecular flexibility index (Phi) is 6.62. The molecule has 1 aliphatic heterocycles. The molecule has 19 heavy (non-hydrogen) atoms. The maximum Gasteiger partial charge on any atom is 0.0112 e. The fraction of sp³-hybridized carbons (Fsp3) is 1.00. The van der Waals surface area contributed by atoms with E-state index >= 15 is 0 Å². The summed E-state index contributed by atoms with van der Waals surface area (Å²) in [5, 5.41) is 0. The van der Waals surface area contributed by atoms with Gasteiger partial charge in [0.25, 0.3) is 0 Å². The molecule has 0 aromatic heterocycles. The highest BCUT2D eigenvalue weighted by Gasteiger charge is 2.26. The summed E-state index contributed by atoms with van der Waals surface area (Å²) in [6.07, 6.45) is 9.59. The molecule has 2 rings (SSSR count). The normalized spacial score (nSPS) is 31.3. The summed E-state index contributed by atoms with van der Waals surface area (Å²) in [4.78, 5) is 5.44. The fourth-order valence-electron chi connectivity index (χ4n) is 3.79. The Morgan fingerprint density at radius 1 is 1.00 bits per heavy atom. The second kappa shape index (κ2) is 8.23. The maximum atomic E-state index is 5.58. The van der Waals surface area contributed by atoms with Crippen LogP contribution in [0.3, 0.4) is 0 Å². The van der Waals surface area contributed by atoms with Gasteiger partial charge in [0.1, 0.15) is 0 Å². The summed E-state index contributed by atoms with van der Waals surface area (Å²) in [6.45, 7) is 9.72. The van der Waals surface area contributed by atoms with E-state index in [0.717, 1.165) is 18.5 Å². The molecule has 1 aliphatic carbocycles. The van der Waals surface area contributed by atoms with Gasteiger partial charge in [-0.05, 0) is 64.2 Å². The SMILES string of the molecule is CC1CCCC(N2CCCN(CCCCN)CC2)C1. The molecule has 3 nitrogen and oxygen atoms in total. The first-order valence-corrected chi connectivity index (χ1v) is 8.46. The van der Waals surface area contributed by atoms with Gasteiger partial charge in [0.2, 0.25) is 0 Å². The highest BCUT2D eigenvalue weighted by Crippen LogP contribution is 2.27. The van der Waals surface area contributed by atoms with Crippen LogP contribution in [0, 0.1) is 5.92 Å². The second-order valence-electron chi connectivity index (χ2n) is 6.65. The van der Waals surface area contributed by atoms with Crippen LogP contribution in [0.15, 0.2) is 0 Å². The van der Waals surface area contributed by atoms with Crippen molar-refractivity contribution >= 4 is 0 Å². The maximum absolute atomic E-state index is 5.58. The molecule has 112 valence electrons. The molecular formula is C16H33N3. The van der Waals surface area contributed by atoms with Crippen molar-refractivity contribution in [2.24, 2.45) is 11.7 Å². The summed E-state index contributed by atoms with van der Waals surface area (Å²) in [5.41, 5.74) is 5.58. The smallest absolute Gasteiger partial charge is 0.0112 e. The zero-order chi connectivity index (χ0) is 13.5. The monoisotopic (exact) mass is 267 g/mol. The minimum Gasteiger partial charge on any atom is -0.330 e. The van der Waals surface area contributed by atoms with Crippen LogP contribution in [0.4, 0.5) is 0 Å². The van der Waals surface area contributed by atoms with Crippen LogP contribution in [-0.4, -0.2) is 55.1 Å². The summed E-state index contributed by atoms with van der Waals surface area (Å²) in [7, 11) is 0. The zero-order valence-electron chi connectivity index (χ0n) is 12.8. The van der Waals surface area contributed by atoms with Gasteiger partial charge in [-0.3, -0.25) is 4.90 Å². The first-order chi connectivity index (χ1) is 9.29. The highest BCUT2D eigenvalue weighted by molar-refractivity contribution is 4.81. The van der Waals surface area contributed by atoms with Crippen LogP contribution in [0.5, 0.6) is 0 Å². The molecule has 0 spiro atoms. The zero-order valence-corrected chi connectivity index (χ0v) is 12.8. The molecule has 1 heterocycles. The predicted molar refractivity (Wildman–Crippen MR) is 82.3 cm³/mol. The third-order valence-electron chi connectivity index (χ3n) is 4.98. The topological polar surface area (TPSA) is 32.5 Å². The lowest BCUT2D eigenvalue weighted by atomic mass is 9.86. The molecule has 0 aromatic carbocycles. The molecule has 0 radical (unpaired) electrons. The minimum absolute atomic E-state index is 0.847. The van der Waals surface area contributed by atoms with Crippen LogP contribution in [0.2, 0.25) is 0 Å². The Morgan fingerprint density at radius 3 is 2.68 bits per heavy atom. The summed E-state index contributed by atoms with van der Waals surface area (Å²) < 4.78 is 0. The molecule has 2 N–H and O–H groups in total. The number of nitrogens with two attached hydrogens (primary N) is 1. The molecule has 0 aromatic rings. The quantitative estimate of drug-likeness (QED) is 0.776. The molecule has 2 fully saturated rings. The van der Waals surface area contributed by atoms with E-state index in [0.29, 0.717) is 0 Å². The number of nitrogens with zero attached hydrogens (tertiary/aromatic N) is 2. The Hall–Kier alpha value is -0.120. The Labute approximate surface area is 119 Å². The number of hydrogen-bond acceptors (Lipinski definition) is 3. The van der Waals surface area contributed by atoms with E-state index < -0.39 is 0 Å². The van der Waals surface area contributed by atoms with Crippen molar-refractivity contribution in [3.63, 3.8) is 0 Å². The third kappa shape index (κ3) is 5.05. The van der Waals surface area contributed by atoms with Crippen molar-refractivity contribution < 1.29 is 0 Å². The Bertz CT molecular complexity index is 244. The molecule has 1 saturated heterocycles. The van der Waals surface area contributed by atoms with Crippen LogP contribution >= 0.6 is 0 Å². The Balaban J connectivity index is 1.73. The predicted octanol–water partition coefficient (Wildman–Crippen LogP) is 2.31. The van der Waals surface area contributed by atoms with E-state index in [9.17, 15) is 0 Å². The fourth-order valence-corrected chi connectivity index (χ4v) is 3.79.